The maximum Gasteiger partial charge on any atom is 0.289 e. The summed E-state index contributed by atoms with van der Waals surface area (Å²) in [6.07, 6.45) is 7.01. The van der Waals surface area contributed by atoms with Crippen molar-refractivity contribution in [1.29, 1.82) is 0 Å². The monoisotopic (exact) mass is 220 g/mol. The van der Waals surface area contributed by atoms with Gasteiger partial charge in [0.25, 0.3) is 7.63 Å². The number of rotatable bonds is 4. The average molecular weight is 221 g/mol. The lowest BCUT2D eigenvalue weighted by Crippen LogP contribution is -2.35. The lowest BCUT2D eigenvalue weighted by molar-refractivity contribution is 0.149. The molecule has 0 amide bonds. The molecule has 1 rings (SSSR count). The van der Waals surface area contributed by atoms with Gasteiger partial charge in [-0.05, 0) is 24.9 Å². The van der Waals surface area contributed by atoms with Gasteiger partial charge in [-0.25, -0.2) is 0 Å². The van der Waals surface area contributed by atoms with Crippen molar-refractivity contribution in [1.82, 2.24) is 0 Å². The first-order chi connectivity index (χ1) is 6.20. The van der Waals surface area contributed by atoms with Crippen LogP contribution in [0.5, 0.6) is 0 Å². The van der Waals surface area contributed by atoms with Gasteiger partial charge in [-0.3, -0.25) is 0 Å². The summed E-state index contributed by atoms with van der Waals surface area (Å²) < 4.78 is 6.08. The van der Waals surface area contributed by atoms with Crippen molar-refractivity contribution in [2.24, 2.45) is 0 Å². The van der Waals surface area contributed by atoms with Crippen molar-refractivity contribution in [2.45, 2.75) is 64.1 Å². The van der Waals surface area contributed by atoms with Gasteiger partial charge in [0, 0.05) is 6.10 Å². The molecule has 0 radical (unpaired) electrons. The minimum Gasteiger partial charge on any atom is -0.400 e. The summed E-state index contributed by atoms with van der Waals surface area (Å²) in [7, 11) is -1.81. The van der Waals surface area contributed by atoms with Crippen LogP contribution < -0.4 is 0 Å². The Hall–Kier alpha value is 0.467. The topological polar surface area (TPSA) is 9.23 Å². The third-order valence-corrected chi connectivity index (χ3v) is 7.72. The molecule has 1 aliphatic rings. The molecular weight excluding hydrogens is 200 g/mol. The molecule has 1 aliphatic carbocycles. The minimum absolute atomic E-state index is 0.484. The van der Waals surface area contributed by atoms with Crippen LogP contribution in [-0.2, 0) is 4.43 Å². The summed E-state index contributed by atoms with van der Waals surface area (Å²) in [5.74, 6) is 0. The summed E-state index contributed by atoms with van der Waals surface area (Å²) in [5.41, 5.74) is 0. The van der Waals surface area contributed by atoms with Crippen LogP contribution in [0.15, 0.2) is 0 Å². The van der Waals surface area contributed by atoms with Crippen LogP contribution in [0.25, 0.3) is 0 Å². The Labute approximate surface area is 87.6 Å². The smallest absolute Gasteiger partial charge is 0.289 e. The molecule has 0 saturated heterocycles. The predicted octanol–water partition coefficient (Wildman–Crippen LogP) is 4.06. The summed E-state index contributed by atoms with van der Waals surface area (Å²) in [5, 5.41) is 0. The molecule has 13 heavy (non-hydrogen) atoms. The molecule has 0 spiro atoms. The van der Waals surface area contributed by atoms with E-state index in [0.717, 1.165) is 12.1 Å². The highest BCUT2D eigenvalue weighted by atomic mass is 35.6. The van der Waals surface area contributed by atoms with Crippen molar-refractivity contribution >= 4 is 18.7 Å². The Balaban J connectivity index is 2.35. The summed E-state index contributed by atoms with van der Waals surface area (Å²) >= 11 is 6.46. The van der Waals surface area contributed by atoms with E-state index < -0.39 is 7.63 Å². The predicted molar refractivity (Wildman–Crippen MR) is 60.5 cm³/mol. The SMILES string of the molecule is CC[Si](Cl)(CC)OC1CCCCC1. The van der Waals surface area contributed by atoms with Crippen molar-refractivity contribution in [3.05, 3.63) is 0 Å². The van der Waals surface area contributed by atoms with Crippen LogP contribution >= 0.6 is 11.1 Å². The fourth-order valence-electron chi connectivity index (χ4n) is 1.90. The fourth-order valence-corrected chi connectivity index (χ4v) is 3.94. The molecule has 0 aliphatic heterocycles. The first-order valence-corrected chi connectivity index (χ1v) is 8.90. The van der Waals surface area contributed by atoms with Gasteiger partial charge >= 0.3 is 0 Å². The zero-order valence-corrected chi connectivity index (χ0v) is 10.6. The van der Waals surface area contributed by atoms with Crippen LogP contribution in [0.3, 0.4) is 0 Å². The van der Waals surface area contributed by atoms with Crippen LogP contribution in [0.2, 0.25) is 12.1 Å². The molecule has 1 nitrogen and oxygen atoms in total. The average Bonchev–Trinajstić information content (AvgIpc) is 2.19. The van der Waals surface area contributed by atoms with E-state index in [1.165, 1.54) is 32.1 Å². The number of halogens is 1. The quantitative estimate of drug-likeness (QED) is 0.513. The van der Waals surface area contributed by atoms with Gasteiger partial charge in [-0.1, -0.05) is 33.1 Å². The van der Waals surface area contributed by atoms with Crippen molar-refractivity contribution < 1.29 is 4.43 Å². The highest BCUT2D eigenvalue weighted by molar-refractivity contribution is 7.16. The second-order valence-electron chi connectivity index (χ2n) is 3.97. The molecule has 78 valence electrons. The zero-order chi connectivity index (χ0) is 9.73. The van der Waals surface area contributed by atoms with Gasteiger partial charge in [0.1, 0.15) is 0 Å². The van der Waals surface area contributed by atoms with E-state index in [2.05, 4.69) is 13.8 Å². The Morgan fingerprint density at radius 3 is 2.15 bits per heavy atom. The second kappa shape index (κ2) is 5.37. The van der Waals surface area contributed by atoms with E-state index in [1.807, 2.05) is 0 Å². The Bertz CT molecular complexity index is 142. The van der Waals surface area contributed by atoms with Crippen LogP contribution in [0.1, 0.15) is 46.0 Å². The Morgan fingerprint density at radius 2 is 1.69 bits per heavy atom. The Kier molecular flexibility index (Phi) is 4.77. The molecule has 1 saturated carbocycles. The van der Waals surface area contributed by atoms with Gasteiger partial charge in [0.15, 0.2) is 0 Å². The van der Waals surface area contributed by atoms with Crippen LogP contribution in [0, 0.1) is 0 Å². The second-order valence-corrected chi connectivity index (χ2v) is 9.45. The highest BCUT2D eigenvalue weighted by Crippen LogP contribution is 2.29. The summed E-state index contributed by atoms with van der Waals surface area (Å²) in [6, 6.07) is 2.09. The van der Waals surface area contributed by atoms with Gasteiger partial charge in [-0.2, -0.15) is 0 Å². The molecule has 1 fully saturated rings. The van der Waals surface area contributed by atoms with Crippen molar-refractivity contribution in [3.63, 3.8) is 0 Å². The van der Waals surface area contributed by atoms with Crippen LogP contribution in [-0.4, -0.2) is 13.7 Å². The molecule has 0 unspecified atom stereocenters. The maximum atomic E-state index is 6.46. The summed E-state index contributed by atoms with van der Waals surface area (Å²) in [4.78, 5) is 0. The van der Waals surface area contributed by atoms with Crippen molar-refractivity contribution in [2.75, 3.05) is 0 Å². The molecule has 0 atom stereocenters. The first kappa shape index (κ1) is 11.5. The van der Waals surface area contributed by atoms with E-state index in [-0.39, 0.29) is 0 Å². The van der Waals surface area contributed by atoms with Crippen molar-refractivity contribution in [3.8, 4) is 0 Å². The zero-order valence-electron chi connectivity index (χ0n) is 8.81. The molecule has 0 heterocycles. The number of hydrogen-bond acceptors (Lipinski definition) is 1. The lowest BCUT2D eigenvalue weighted by atomic mass is 9.98. The van der Waals surface area contributed by atoms with E-state index in [1.54, 1.807) is 0 Å². The van der Waals surface area contributed by atoms with Gasteiger partial charge in [-0.15, -0.1) is 11.1 Å². The molecule has 3 heteroatoms. The summed E-state index contributed by atoms with van der Waals surface area (Å²) in [6.45, 7) is 4.32. The molecule has 0 aromatic rings. The van der Waals surface area contributed by atoms with E-state index in [0.29, 0.717) is 6.10 Å². The standard InChI is InChI=1S/C10H21ClOSi/c1-3-13(11,4-2)12-10-8-6-5-7-9-10/h10H,3-9H2,1-2H3. The minimum atomic E-state index is -1.81. The largest absolute Gasteiger partial charge is 0.400 e. The van der Waals surface area contributed by atoms with Crippen LogP contribution in [0.4, 0.5) is 0 Å². The Morgan fingerprint density at radius 1 is 1.15 bits per heavy atom. The highest BCUT2D eigenvalue weighted by Gasteiger charge is 2.32. The molecule has 0 N–H and O–H groups in total. The van der Waals surface area contributed by atoms with E-state index >= 15 is 0 Å². The van der Waals surface area contributed by atoms with Gasteiger partial charge < -0.3 is 4.43 Å². The first-order valence-electron chi connectivity index (χ1n) is 5.57. The molecular formula is C10H21ClOSi. The molecule has 0 bridgehead atoms. The maximum absolute atomic E-state index is 6.46. The normalized spacial score (nSPS) is 20.5. The fraction of sp³-hybridized carbons (Fsp3) is 1.00. The molecule has 0 aromatic heterocycles. The van der Waals surface area contributed by atoms with E-state index in [9.17, 15) is 0 Å². The third kappa shape index (κ3) is 3.60. The van der Waals surface area contributed by atoms with Gasteiger partial charge in [0.2, 0.25) is 0 Å². The molecule has 0 aromatic carbocycles. The van der Waals surface area contributed by atoms with Gasteiger partial charge in [0.05, 0.1) is 0 Å². The number of hydrogen-bond donors (Lipinski definition) is 0. The van der Waals surface area contributed by atoms with E-state index in [4.69, 9.17) is 15.5 Å². The lowest BCUT2D eigenvalue weighted by Gasteiger charge is -2.30. The third-order valence-electron chi connectivity index (χ3n) is 2.99.